The molecule has 30 heavy (non-hydrogen) atoms. The quantitative estimate of drug-likeness (QED) is 0.554. The van der Waals surface area contributed by atoms with Crippen molar-refractivity contribution in [1.29, 1.82) is 0 Å². The fraction of sp³-hybridized carbons (Fsp3) is 0.300. The van der Waals surface area contributed by atoms with Crippen LogP contribution in [-0.2, 0) is 25.7 Å². The lowest BCUT2D eigenvalue weighted by Gasteiger charge is -2.27. The highest BCUT2D eigenvalue weighted by Crippen LogP contribution is 2.34. The number of ether oxygens (including phenoxy) is 1. The number of hydrogen-bond donors (Lipinski definition) is 1. The van der Waals surface area contributed by atoms with Crippen molar-refractivity contribution in [3.8, 4) is 0 Å². The van der Waals surface area contributed by atoms with Gasteiger partial charge in [0.15, 0.2) is 0 Å². The van der Waals surface area contributed by atoms with Gasteiger partial charge in [0.1, 0.15) is 17.4 Å². The van der Waals surface area contributed by atoms with Gasteiger partial charge in [0.05, 0.1) is 18.1 Å². The minimum absolute atomic E-state index is 0.0124. The van der Waals surface area contributed by atoms with Crippen LogP contribution in [0.5, 0.6) is 0 Å². The van der Waals surface area contributed by atoms with Gasteiger partial charge in [-0.15, -0.1) is 0 Å². The predicted molar refractivity (Wildman–Crippen MR) is 117 cm³/mol. The van der Waals surface area contributed by atoms with Crippen LogP contribution in [0.2, 0.25) is 0 Å². The van der Waals surface area contributed by atoms with E-state index in [2.05, 4.69) is 0 Å². The number of morpholine rings is 1. The third-order valence-electron chi connectivity index (χ3n) is 4.94. The SMILES string of the molecule is O=C(O)CN1C(=O)C(=Cc2cn(CC(=O)N3CCOCC3)c3ccccc23)SC1=S. The molecule has 0 radical (unpaired) electrons. The van der Waals surface area contributed by atoms with Crippen molar-refractivity contribution in [2.75, 3.05) is 32.8 Å². The number of amides is 2. The summed E-state index contributed by atoms with van der Waals surface area (Å²) >= 11 is 6.24. The molecular weight excluding hydrogens is 426 g/mol. The molecule has 2 saturated heterocycles. The molecule has 2 fully saturated rings. The number of carbonyl (C=O) groups excluding carboxylic acids is 2. The van der Waals surface area contributed by atoms with E-state index in [1.807, 2.05) is 35.0 Å². The maximum absolute atomic E-state index is 12.7. The minimum atomic E-state index is -1.12. The van der Waals surface area contributed by atoms with Crippen molar-refractivity contribution in [3.05, 3.63) is 40.9 Å². The van der Waals surface area contributed by atoms with Crippen molar-refractivity contribution in [2.24, 2.45) is 0 Å². The number of benzene rings is 1. The molecule has 156 valence electrons. The standard InChI is InChI=1S/C20H19N3O5S2/c24-17(21-5-7-28-8-6-21)11-22-10-13(14-3-1-2-4-15(14)22)9-16-19(27)23(12-18(25)26)20(29)30-16/h1-4,9-10H,5-8,11-12H2,(H,25,26). The van der Waals surface area contributed by atoms with Crippen LogP contribution in [0, 0.1) is 0 Å². The topological polar surface area (TPSA) is 92.1 Å². The summed E-state index contributed by atoms with van der Waals surface area (Å²) in [7, 11) is 0. The Labute approximate surface area is 182 Å². The van der Waals surface area contributed by atoms with Crippen LogP contribution in [0.15, 0.2) is 35.4 Å². The number of carbonyl (C=O) groups is 3. The second kappa shape index (κ2) is 8.58. The van der Waals surface area contributed by atoms with E-state index >= 15 is 0 Å². The van der Waals surface area contributed by atoms with Crippen molar-refractivity contribution in [2.45, 2.75) is 6.54 Å². The van der Waals surface area contributed by atoms with Crippen LogP contribution in [0.3, 0.4) is 0 Å². The predicted octanol–water partition coefficient (Wildman–Crippen LogP) is 1.79. The molecular formula is C20H19N3O5S2. The van der Waals surface area contributed by atoms with Crippen LogP contribution in [0.4, 0.5) is 0 Å². The number of thioether (sulfide) groups is 1. The molecule has 0 bridgehead atoms. The number of nitrogens with zero attached hydrogens (tertiary/aromatic N) is 3. The highest BCUT2D eigenvalue weighted by atomic mass is 32.2. The zero-order valence-corrected chi connectivity index (χ0v) is 17.6. The van der Waals surface area contributed by atoms with Gasteiger partial charge in [-0.1, -0.05) is 42.2 Å². The first-order valence-corrected chi connectivity index (χ1v) is 10.6. The Hall–Kier alpha value is -2.69. The largest absolute Gasteiger partial charge is 0.480 e. The summed E-state index contributed by atoms with van der Waals surface area (Å²) < 4.78 is 7.40. The average molecular weight is 446 g/mol. The van der Waals surface area contributed by atoms with E-state index in [1.54, 1.807) is 11.0 Å². The first-order valence-electron chi connectivity index (χ1n) is 9.34. The summed E-state index contributed by atoms with van der Waals surface area (Å²) in [5.41, 5.74) is 1.66. The number of aromatic nitrogens is 1. The summed E-state index contributed by atoms with van der Waals surface area (Å²) in [5, 5.41) is 9.89. The van der Waals surface area contributed by atoms with Crippen molar-refractivity contribution >= 4 is 63.1 Å². The Bertz CT molecular complexity index is 1070. The van der Waals surface area contributed by atoms with E-state index in [-0.39, 0.29) is 16.8 Å². The number of fused-ring (bicyclic) bond motifs is 1. The smallest absolute Gasteiger partial charge is 0.323 e. The highest BCUT2D eigenvalue weighted by molar-refractivity contribution is 8.26. The summed E-state index contributed by atoms with van der Waals surface area (Å²) in [5.74, 6) is -1.53. The van der Waals surface area contributed by atoms with E-state index in [4.69, 9.17) is 22.1 Å². The molecule has 1 aromatic carbocycles. The molecule has 4 rings (SSSR count). The molecule has 2 amide bonds. The number of para-hydroxylation sites is 1. The van der Waals surface area contributed by atoms with E-state index in [9.17, 15) is 14.4 Å². The van der Waals surface area contributed by atoms with E-state index in [0.29, 0.717) is 31.2 Å². The fourth-order valence-electron chi connectivity index (χ4n) is 3.49. The maximum atomic E-state index is 12.7. The molecule has 10 heteroatoms. The van der Waals surface area contributed by atoms with Gasteiger partial charge < -0.3 is 19.3 Å². The van der Waals surface area contributed by atoms with E-state index < -0.39 is 18.4 Å². The van der Waals surface area contributed by atoms with Gasteiger partial charge in [-0.05, 0) is 12.1 Å². The molecule has 2 aromatic rings. The number of hydrogen-bond acceptors (Lipinski definition) is 6. The maximum Gasteiger partial charge on any atom is 0.323 e. The van der Waals surface area contributed by atoms with Gasteiger partial charge in [0.2, 0.25) is 5.91 Å². The Kier molecular flexibility index (Phi) is 5.89. The van der Waals surface area contributed by atoms with Gasteiger partial charge in [0, 0.05) is 35.8 Å². The zero-order valence-electron chi connectivity index (χ0n) is 15.9. The molecule has 2 aliphatic heterocycles. The molecule has 1 aromatic heterocycles. The Morgan fingerprint density at radius 3 is 2.67 bits per heavy atom. The van der Waals surface area contributed by atoms with Crippen LogP contribution < -0.4 is 0 Å². The third kappa shape index (κ3) is 4.11. The van der Waals surface area contributed by atoms with Gasteiger partial charge in [-0.3, -0.25) is 19.3 Å². The summed E-state index contributed by atoms with van der Waals surface area (Å²) in [6, 6.07) is 7.64. The number of thiocarbonyl (C=S) groups is 1. The lowest BCUT2D eigenvalue weighted by atomic mass is 10.1. The van der Waals surface area contributed by atoms with Crippen LogP contribution in [-0.4, -0.2) is 74.4 Å². The second-order valence-corrected chi connectivity index (χ2v) is 8.56. The first kappa shape index (κ1) is 20.6. The Morgan fingerprint density at radius 1 is 1.20 bits per heavy atom. The number of aliphatic carboxylic acids is 1. The summed E-state index contributed by atoms with van der Waals surface area (Å²) in [6.07, 6.45) is 3.55. The lowest BCUT2D eigenvalue weighted by molar-refractivity contribution is -0.140. The average Bonchev–Trinajstić information content (AvgIpc) is 3.21. The highest BCUT2D eigenvalue weighted by Gasteiger charge is 2.33. The zero-order chi connectivity index (χ0) is 21.3. The monoisotopic (exact) mass is 445 g/mol. The third-order valence-corrected chi connectivity index (χ3v) is 6.32. The molecule has 8 nitrogen and oxygen atoms in total. The second-order valence-electron chi connectivity index (χ2n) is 6.88. The minimum Gasteiger partial charge on any atom is -0.480 e. The number of carboxylic acids is 1. The van der Waals surface area contributed by atoms with E-state index in [0.717, 1.165) is 33.1 Å². The summed E-state index contributed by atoms with van der Waals surface area (Å²) in [4.78, 5) is 39.5. The van der Waals surface area contributed by atoms with Crippen LogP contribution >= 0.6 is 24.0 Å². The molecule has 0 spiro atoms. The molecule has 3 heterocycles. The van der Waals surface area contributed by atoms with Crippen LogP contribution in [0.25, 0.3) is 17.0 Å². The lowest BCUT2D eigenvalue weighted by Crippen LogP contribution is -2.42. The summed E-state index contributed by atoms with van der Waals surface area (Å²) in [6.45, 7) is 1.98. The molecule has 0 saturated carbocycles. The van der Waals surface area contributed by atoms with Gasteiger partial charge in [-0.2, -0.15) is 0 Å². The molecule has 0 unspecified atom stereocenters. The molecule has 2 aliphatic rings. The molecule has 0 aliphatic carbocycles. The van der Waals surface area contributed by atoms with Gasteiger partial charge >= 0.3 is 5.97 Å². The molecule has 1 N–H and O–H groups in total. The van der Waals surface area contributed by atoms with Crippen molar-refractivity contribution < 1.29 is 24.2 Å². The van der Waals surface area contributed by atoms with E-state index in [1.165, 1.54) is 0 Å². The Balaban J connectivity index is 1.63. The van der Waals surface area contributed by atoms with Gasteiger partial charge in [0.25, 0.3) is 5.91 Å². The number of carboxylic acid groups (broad SMARTS) is 1. The van der Waals surface area contributed by atoms with Gasteiger partial charge in [-0.25, -0.2) is 0 Å². The number of rotatable bonds is 5. The first-order chi connectivity index (χ1) is 14.4. The van der Waals surface area contributed by atoms with Crippen molar-refractivity contribution in [1.82, 2.24) is 14.4 Å². The van der Waals surface area contributed by atoms with Crippen LogP contribution in [0.1, 0.15) is 5.56 Å². The molecule has 0 atom stereocenters. The normalized spacial score (nSPS) is 18.6. The Morgan fingerprint density at radius 2 is 1.93 bits per heavy atom. The van der Waals surface area contributed by atoms with Crippen molar-refractivity contribution in [3.63, 3.8) is 0 Å². The fourth-order valence-corrected chi connectivity index (χ4v) is 4.74.